The van der Waals surface area contributed by atoms with Gasteiger partial charge in [-0.1, -0.05) is 66.2 Å². The molecular weight excluding hydrogens is 324 g/mol. The van der Waals surface area contributed by atoms with Gasteiger partial charge in [-0.05, 0) is 41.2 Å². The van der Waals surface area contributed by atoms with Crippen LogP contribution in [0.25, 0.3) is 0 Å². The van der Waals surface area contributed by atoms with E-state index < -0.39 is 0 Å². The molecule has 2 aromatic carbocycles. The molecule has 0 amide bonds. The summed E-state index contributed by atoms with van der Waals surface area (Å²) in [6.07, 6.45) is 3.34. The molecule has 0 saturated carbocycles. The van der Waals surface area contributed by atoms with Gasteiger partial charge in [0.1, 0.15) is 11.9 Å². The highest BCUT2D eigenvalue weighted by Crippen LogP contribution is 2.38. The van der Waals surface area contributed by atoms with Gasteiger partial charge in [-0.2, -0.15) is 0 Å². The van der Waals surface area contributed by atoms with Crippen molar-refractivity contribution in [1.82, 2.24) is 0 Å². The number of ether oxygens (including phenoxy) is 1. The number of hydrogen-bond donors (Lipinski definition) is 0. The molecule has 2 atom stereocenters. The normalized spacial score (nSPS) is 18.1. The second-order valence-corrected chi connectivity index (χ2v) is 6.59. The van der Waals surface area contributed by atoms with E-state index >= 15 is 0 Å². The minimum absolute atomic E-state index is 0.180. The van der Waals surface area contributed by atoms with E-state index in [9.17, 15) is 0 Å². The van der Waals surface area contributed by atoms with Crippen LogP contribution in [0.3, 0.4) is 0 Å². The largest absolute Gasteiger partial charge is 0.488 e. The van der Waals surface area contributed by atoms with Crippen LogP contribution in [0.4, 0.5) is 0 Å². The van der Waals surface area contributed by atoms with Gasteiger partial charge in [0.05, 0.1) is 4.83 Å². The molecule has 0 fully saturated rings. The standard InChI is InChI=1S/C19H21BrO/c1-3-13-9-10-16(11-14(13)4-2)19(20)18-12-15-7-5-6-8-17(15)21-18/h5-11,18-19H,3-4,12H2,1-2H3. The summed E-state index contributed by atoms with van der Waals surface area (Å²) in [4.78, 5) is 0.237. The number of alkyl halides is 1. The van der Waals surface area contributed by atoms with Crippen molar-refractivity contribution >= 4 is 15.9 Å². The van der Waals surface area contributed by atoms with Crippen molar-refractivity contribution in [3.63, 3.8) is 0 Å². The Labute approximate surface area is 135 Å². The van der Waals surface area contributed by atoms with E-state index in [1.807, 2.05) is 6.07 Å². The van der Waals surface area contributed by atoms with Gasteiger partial charge < -0.3 is 4.74 Å². The maximum atomic E-state index is 6.11. The van der Waals surface area contributed by atoms with E-state index in [1.54, 1.807) is 0 Å². The van der Waals surface area contributed by atoms with Crippen LogP contribution in [-0.4, -0.2) is 6.10 Å². The Kier molecular flexibility index (Phi) is 4.34. The molecule has 1 heterocycles. The molecule has 2 heteroatoms. The van der Waals surface area contributed by atoms with Crippen molar-refractivity contribution in [2.45, 2.75) is 44.0 Å². The average molecular weight is 345 g/mol. The second-order valence-electron chi connectivity index (χ2n) is 5.61. The van der Waals surface area contributed by atoms with Gasteiger partial charge >= 0.3 is 0 Å². The molecule has 2 aromatic rings. The third-order valence-corrected chi connectivity index (χ3v) is 5.43. The minimum Gasteiger partial charge on any atom is -0.488 e. The third-order valence-electron chi connectivity index (χ3n) is 4.31. The van der Waals surface area contributed by atoms with Crippen molar-refractivity contribution in [3.05, 3.63) is 64.7 Å². The lowest BCUT2D eigenvalue weighted by Crippen LogP contribution is -2.19. The fourth-order valence-electron chi connectivity index (χ4n) is 3.08. The van der Waals surface area contributed by atoms with Crippen molar-refractivity contribution in [2.24, 2.45) is 0 Å². The highest BCUT2D eigenvalue weighted by Gasteiger charge is 2.29. The zero-order valence-corrected chi connectivity index (χ0v) is 14.2. The average Bonchev–Trinajstić information content (AvgIpc) is 2.97. The number of benzene rings is 2. The zero-order valence-electron chi connectivity index (χ0n) is 12.6. The molecule has 0 aromatic heterocycles. The maximum Gasteiger partial charge on any atom is 0.123 e. The molecule has 2 unspecified atom stereocenters. The Bertz CT molecular complexity index is 610. The molecule has 21 heavy (non-hydrogen) atoms. The zero-order chi connectivity index (χ0) is 14.8. The van der Waals surface area contributed by atoms with Crippen LogP contribution in [0.15, 0.2) is 42.5 Å². The number of hydrogen-bond acceptors (Lipinski definition) is 1. The van der Waals surface area contributed by atoms with Crippen molar-refractivity contribution < 1.29 is 4.74 Å². The molecular formula is C19H21BrO. The Morgan fingerprint density at radius 1 is 1.10 bits per heavy atom. The Hall–Kier alpha value is -1.28. The van der Waals surface area contributed by atoms with Gasteiger partial charge in [-0.3, -0.25) is 0 Å². The molecule has 0 spiro atoms. The lowest BCUT2D eigenvalue weighted by Gasteiger charge is -2.19. The van der Waals surface area contributed by atoms with Crippen LogP contribution in [0.2, 0.25) is 0 Å². The highest BCUT2D eigenvalue weighted by molar-refractivity contribution is 9.09. The second kappa shape index (κ2) is 6.23. The van der Waals surface area contributed by atoms with Crippen LogP contribution >= 0.6 is 15.9 Å². The van der Waals surface area contributed by atoms with Crippen LogP contribution in [0, 0.1) is 0 Å². The van der Waals surface area contributed by atoms with Gasteiger partial charge in [-0.25, -0.2) is 0 Å². The van der Waals surface area contributed by atoms with Crippen LogP contribution in [0.5, 0.6) is 5.75 Å². The summed E-state index contributed by atoms with van der Waals surface area (Å²) in [5.74, 6) is 1.04. The first-order valence-electron chi connectivity index (χ1n) is 7.73. The third kappa shape index (κ3) is 2.87. The molecule has 1 aliphatic rings. The van der Waals surface area contributed by atoms with E-state index in [4.69, 9.17) is 4.74 Å². The number of aryl methyl sites for hydroxylation is 2. The summed E-state index contributed by atoms with van der Waals surface area (Å²) in [7, 11) is 0. The van der Waals surface area contributed by atoms with E-state index in [0.717, 1.165) is 25.0 Å². The molecule has 1 nitrogen and oxygen atoms in total. The lowest BCUT2D eigenvalue weighted by molar-refractivity contribution is 0.232. The van der Waals surface area contributed by atoms with E-state index in [-0.39, 0.29) is 10.9 Å². The molecule has 0 aliphatic carbocycles. The number of fused-ring (bicyclic) bond motifs is 1. The highest BCUT2D eigenvalue weighted by atomic mass is 79.9. The van der Waals surface area contributed by atoms with E-state index in [2.05, 4.69) is 66.2 Å². The summed E-state index contributed by atoms with van der Waals surface area (Å²) >= 11 is 3.86. The van der Waals surface area contributed by atoms with Crippen LogP contribution < -0.4 is 4.74 Å². The maximum absolute atomic E-state index is 6.11. The quantitative estimate of drug-likeness (QED) is 0.688. The molecule has 0 N–H and O–H groups in total. The Balaban J connectivity index is 1.82. The minimum atomic E-state index is 0.180. The first-order chi connectivity index (χ1) is 10.2. The van der Waals surface area contributed by atoms with Gasteiger partial charge in [0.15, 0.2) is 0 Å². The van der Waals surface area contributed by atoms with Crippen molar-refractivity contribution in [2.75, 3.05) is 0 Å². The molecule has 0 saturated heterocycles. The van der Waals surface area contributed by atoms with E-state index in [0.29, 0.717) is 0 Å². The summed E-state index contributed by atoms with van der Waals surface area (Å²) in [6, 6.07) is 15.2. The summed E-state index contributed by atoms with van der Waals surface area (Å²) < 4.78 is 6.11. The van der Waals surface area contributed by atoms with Crippen LogP contribution in [-0.2, 0) is 19.3 Å². The van der Waals surface area contributed by atoms with Gasteiger partial charge in [-0.15, -0.1) is 0 Å². The number of halogens is 1. The smallest absolute Gasteiger partial charge is 0.123 e. The van der Waals surface area contributed by atoms with Crippen molar-refractivity contribution in [3.8, 4) is 5.75 Å². The first-order valence-corrected chi connectivity index (χ1v) is 8.64. The molecule has 1 aliphatic heterocycles. The molecule has 110 valence electrons. The summed E-state index contributed by atoms with van der Waals surface area (Å²) in [5.41, 5.74) is 5.54. The van der Waals surface area contributed by atoms with Crippen molar-refractivity contribution in [1.29, 1.82) is 0 Å². The summed E-state index contributed by atoms with van der Waals surface area (Å²) in [6.45, 7) is 4.44. The SMILES string of the molecule is CCc1ccc(C(Br)C2Cc3ccccc3O2)cc1CC. The monoisotopic (exact) mass is 344 g/mol. The first kappa shape index (κ1) is 14.6. The van der Waals surface area contributed by atoms with Gasteiger partial charge in [0, 0.05) is 6.42 Å². The van der Waals surface area contributed by atoms with Gasteiger partial charge in [0.25, 0.3) is 0 Å². The molecule has 0 radical (unpaired) electrons. The Morgan fingerprint density at radius 3 is 2.57 bits per heavy atom. The Morgan fingerprint density at radius 2 is 1.86 bits per heavy atom. The number of rotatable bonds is 4. The summed E-state index contributed by atoms with van der Waals surface area (Å²) in [5, 5.41) is 0. The number of para-hydroxylation sites is 1. The van der Waals surface area contributed by atoms with E-state index in [1.165, 1.54) is 22.3 Å². The predicted molar refractivity (Wildman–Crippen MR) is 91.4 cm³/mol. The topological polar surface area (TPSA) is 9.23 Å². The predicted octanol–water partition coefficient (Wildman–Crippen LogP) is 5.25. The van der Waals surface area contributed by atoms with Crippen LogP contribution in [0.1, 0.15) is 40.9 Å². The lowest BCUT2D eigenvalue weighted by atomic mass is 9.96. The molecule has 3 rings (SSSR count). The molecule has 0 bridgehead atoms. The fourth-order valence-corrected chi connectivity index (χ4v) is 3.66. The fraction of sp³-hybridized carbons (Fsp3) is 0.368. The van der Waals surface area contributed by atoms with Gasteiger partial charge in [0.2, 0.25) is 0 Å².